The molecule has 0 saturated heterocycles. The van der Waals surface area contributed by atoms with Gasteiger partial charge in [-0.3, -0.25) is 9.48 Å². The summed E-state index contributed by atoms with van der Waals surface area (Å²) in [5.74, 6) is -1.42. The van der Waals surface area contributed by atoms with Gasteiger partial charge in [-0.2, -0.15) is 5.10 Å². The minimum atomic E-state index is -0.933. The fourth-order valence-corrected chi connectivity index (χ4v) is 2.96. The summed E-state index contributed by atoms with van der Waals surface area (Å²) in [5, 5.41) is 13.7. The Morgan fingerprint density at radius 3 is 2.31 bits per heavy atom. The highest BCUT2D eigenvalue weighted by Crippen LogP contribution is 2.28. The second-order valence-corrected chi connectivity index (χ2v) is 6.31. The number of carboxylic acids is 1. The second kappa shape index (κ2) is 9.50. The number of hydrogen-bond acceptors (Lipinski definition) is 4. The van der Waals surface area contributed by atoms with Gasteiger partial charge in [0.05, 0.1) is 25.3 Å². The largest absolute Gasteiger partial charge is 0.481 e. The standard InChI is InChI=1S/C23H22N2O4/c1-2-29-23(28)21-19(14-13-17-9-5-3-6-10-17)25(16-15-20(26)27)24-22(21)18-11-7-4-8-12-18/h3-14H,2,15-16H2,1H3,(H,26,27)/b14-13+. The molecule has 0 saturated carbocycles. The first kappa shape index (κ1) is 20.1. The third-order valence-electron chi connectivity index (χ3n) is 4.29. The zero-order chi connectivity index (χ0) is 20.6. The van der Waals surface area contributed by atoms with E-state index >= 15 is 0 Å². The van der Waals surface area contributed by atoms with Crippen molar-refractivity contribution in [3.63, 3.8) is 0 Å². The molecule has 0 bridgehead atoms. The quantitative estimate of drug-likeness (QED) is 0.578. The van der Waals surface area contributed by atoms with Crippen LogP contribution in [0.4, 0.5) is 0 Å². The molecule has 0 amide bonds. The normalized spacial score (nSPS) is 10.9. The fourth-order valence-electron chi connectivity index (χ4n) is 2.96. The van der Waals surface area contributed by atoms with Crippen molar-refractivity contribution in [2.75, 3.05) is 6.61 Å². The number of benzene rings is 2. The number of carboxylic acid groups (broad SMARTS) is 1. The Hall–Kier alpha value is -3.67. The van der Waals surface area contributed by atoms with Gasteiger partial charge in [-0.1, -0.05) is 66.7 Å². The van der Waals surface area contributed by atoms with Gasteiger partial charge in [-0.15, -0.1) is 0 Å². The molecule has 2 aromatic carbocycles. The van der Waals surface area contributed by atoms with Crippen LogP contribution in [0.2, 0.25) is 0 Å². The van der Waals surface area contributed by atoms with E-state index in [1.54, 1.807) is 17.7 Å². The third kappa shape index (κ3) is 4.99. The molecule has 0 aliphatic heterocycles. The number of aryl methyl sites for hydroxylation is 1. The molecule has 0 spiro atoms. The molecule has 29 heavy (non-hydrogen) atoms. The van der Waals surface area contributed by atoms with Gasteiger partial charge in [0.2, 0.25) is 0 Å². The van der Waals surface area contributed by atoms with Crippen LogP contribution in [0.1, 0.15) is 35.0 Å². The average Bonchev–Trinajstić information content (AvgIpc) is 3.11. The van der Waals surface area contributed by atoms with Crippen molar-refractivity contribution < 1.29 is 19.4 Å². The lowest BCUT2D eigenvalue weighted by atomic mass is 10.0. The van der Waals surface area contributed by atoms with Gasteiger partial charge in [-0.25, -0.2) is 4.79 Å². The molecule has 3 aromatic rings. The van der Waals surface area contributed by atoms with Gasteiger partial charge in [-0.05, 0) is 18.6 Å². The maximum Gasteiger partial charge on any atom is 0.342 e. The van der Waals surface area contributed by atoms with Crippen molar-refractivity contribution in [2.45, 2.75) is 19.9 Å². The van der Waals surface area contributed by atoms with E-state index < -0.39 is 11.9 Å². The number of aromatic nitrogens is 2. The monoisotopic (exact) mass is 390 g/mol. The highest BCUT2D eigenvalue weighted by molar-refractivity contribution is 6.00. The molecular weight excluding hydrogens is 368 g/mol. The summed E-state index contributed by atoms with van der Waals surface area (Å²) in [5.41, 5.74) is 3.04. The number of esters is 1. The molecular formula is C23H22N2O4. The van der Waals surface area contributed by atoms with Crippen LogP contribution in [0.3, 0.4) is 0 Å². The van der Waals surface area contributed by atoms with Crippen LogP contribution in [0.5, 0.6) is 0 Å². The van der Waals surface area contributed by atoms with E-state index in [4.69, 9.17) is 9.84 Å². The summed E-state index contributed by atoms with van der Waals surface area (Å²) in [6.07, 6.45) is 3.54. The number of carbonyl (C=O) groups excluding carboxylic acids is 1. The lowest BCUT2D eigenvalue weighted by Gasteiger charge is -2.06. The Morgan fingerprint density at radius 1 is 1.03 bits per heavy atom. The number of aliphatic carboxylic acids is 1. The SMILES string of the molecule is CCOC(=O)c1c(-c2ccccc2)nn(CCC(=O)O)c1/C=C/c1ccccc1. The summed E-state index contributed by atoms with van der Waals surface area (Å²) >= 11 is 0. The van der Waals surface area contributed by atoms with E-state index in [2.05, 4.69) is 5.10 Å². The van der Waals surface area contributed by atoms with Gasteiger partial charge < -0.3 is 9.84 Å². The van der Waals surface area contributed by atoms with Crippen molar-refractivity contribution in [3.8, 4) is 11.3 Å². The molecule has 0 atom stereocenters. The molecule has 1 heterocycles. The van der Waals surface area contributed by atoms with Gasteiger partial charge in [0.1, 0.15) is 11.3 Å². The second-order valence-electron chi connectivity index (χ2n) is 6.31. The Balaban J connectivity index is 2.15. The molecule has 0 aliphatic carbocycles. The van der Waals surface area contributed by atoms with E-state index in [1.807, 2.05) is 66.7 Å². The number of hydrogen-bond donors (Lipinski definition) is 1. The van der Waals surface area contributed by atoms with Gasteiger partial charge in [0.15, 0.2) is 0 Å². The number of rotatable bonds is 8. The summed E-state index contributed by atoms with van der Waals surface area (Å²) in [4.78, 5) is 23.9. The average molecular weight is 390 g/mol. The zero-order valence-corrected chi connectivity index (χ0v) is 16.1. The molecule has 1 N–H and O–H groups in total. The Bertz CT molecular complexity index is 1010. The fraction of sp³-hybridized carbons (Fsp3) is 0.174. The van der Waals surface area contributed by atoms with Gasteiger partial charge in [0.25, 0.3) is 0 Å². The lowest BCUT2D eigenvalue weighted by Crippen LogP contribution is -2.10. The summed E-state index contributed by atoms with van der Waals surface area (Å²) in [6, 6.07) is 19.0. The van der Waals surface area contributed by atoms with E-state index in [-0.39, 0.29) is 19.6 Å². The molecule has 6 heteroatoms. The van der Waals surface area contributed by atoms with Gasteiger partial charge >= 0.3 is 11.9 Å². The number of carbonyl (C=O) groups is 2. The predicted molar refractivity (Wildman–Crippen MR) is 111 cm³/mol. The zero-order valence-electron chi connectivity index (χ0n) is 16.1. The number of nitrogens with zero attached hydrogens (tertiary/aromatic N) is 2. The summed E-state index contributed by atoms with van der Waals surface area (Å²) in [6.45, 7) is 2.12. The summed E-state index contributed by atoms with van der Waals surface area (Å²) in [7, 11) is 0. The molecule has 6 nitrogen and oxygen atoms in total. The van der Waals surface area contributed by atoms with Crippen LogP contribution in [0.25, 0.3) is 23.4 Å². The van der Waals surface area contributed by atoms with Crippen LogP contribution < -0.4 is 0 Å². The first-order chi connectivity index (χ1) is 14.1. The van der Waals surface area contributed by atoms with E-state index in [9.17, 15) is 9.59 Å². The van der Waals surface area contributed by atoms with Crippen LogP contribution >= 0.6 is 0 Å². The lowest BCUT2D eigenvalue weighted by molar-refractivity contribution is -0.137. The van der Waals surface area contributed by atoms with Crippen molar-refractivity contribution in [2.24, 2.45) is 0 Å². The highest BCUT2D eigenvalue weighted by Gasteiger charge is 2.24. The Kier molecular flexibility index (Phi) is 6.58. The molecule has 1 aromatic heterocycles. The molecule has 148 valence electrons. The van der Waals surface area contributed by atoms with Crippen LogP contribution in [0, 0.1) is 0 Å². The predicted octanol–water partition coefficient (Wildman–Crippen LogP) is 4.37. The maximum atomic E-state index is 12.8. The molecule has 0 unspecified atom stereocenters. The molecule has 0 fully saturated rings. The first-order valence-electron chi connectivity index (χ1n) is 9.38. The molecule has 0 radical (unpaired) electrons. The van der Waals surface area contributed by atoms with E-state index in [1.165, 1.54) is 0 Å². The van der Waals surface area contributed by atoms with Gasteiger partial charge in [0, 0.05) is 5.56 Å². The highest BCUT2D eigenvalue weighted by atomic mass is 16.5. The first-order valence-corrected chi connectivity index (χ1v) is 9.38. The van der Waals surface area contributed by atoms with E-state index in [0.717, 1.165) is 11.1 Å². The van der Waals surface area contributed by atoms with Crippen LogP contribution in [-0.4, -0.2) is 33.4 Å². The van der Waals surface area contributed by atoms with Crippen LogP contribution in [-0.2, 0) is 16.1 Å². The minimum Gasteiger partial charge on any atom is -0.481 e. The summed E-state index contributed by atoms with van der Waals surface area (Å²) < 4.78 is 6.84. The van der Waals surface area contributed by atoms with E-state index in [0.29, 0.717) is 17.0 Å². The third-order valence-corrected chi connectivity index (χ3v) is 4.29. The topological polar surface area (TPSA) is 81.4 Å². The Labute approximate surface area is 169 Å². The number of ether oxygens (including phenoxy) is 1. The van der Waals surface area contributed by atoms with Crippen molar-refractivity contribution in [1.29, 1.82) is 0 Å². The maximum absolute atomic E-state index is 12.8. The smallest absolute Gasteiger partial charge is 0.342 e. The minimum absolute atomic E-state index is 0.107. The van der Waals surface area contributed by atoms with Crippen molar-refractivity contribution in [3.05, 3.63) is 77.5 Å². The van der Waals surface area contributed by atoms with Crippen LogP contribution in [0.15, 0.2) is 60.7 Å². The molecule has 0 aliphatic rings. The van der Waals surface area contributed by atoms with Crippen molar-refractivity contribution in [1.82, 2.24) is 9.78 Å². The Morgan fingerprint density at radius 2 is 1.69 bits per heavy atom. The molecule has 3 rings (SSSR count). The van der Waals surface area contributed by atoms with Crippen molar-refractivity contribution >= 4 is 24.1 Å².